The number of nitrogens with zero attached hydrogens (tertiary/aromatic N) is 5. The first-order chi connectivity index (χ1) is 17.7. The number of rotatable bonds is 4. The van der Waals surface area contributed by atoms with Crippen molar-refractivity contribution < 1.29 is 12.8 Å². The molecule has 0 amide bonds. The Bertz CT molecular complexity index is 1490. The molecule has 3 aliphatic rings. The second-order valence-corrected chi connectivity index (χ2v) is 11.8. The van der Waals surface area contributed by atoms with Crippen LogP contribution >= 0.6 is 11.6 Å². The van der Waals surface area contributed by atoms with Crippen LogP contribution in [0.4, 0.5) is 4.39 Å². The molecule has 2 aromatic rings. The Labute approximate surface area is 220 Å². The van der Waals surface area contributed by atoms with Gasteiger partial charge in [0.25, 0.3) is 0 Å². The minimum absolute atomic E-state index is 0.00534. The Morgan fingerprint density at radius 2 is 2.00 bits per heavy atom. The smallest absolute Gasteiger partial charge is 0.208 e. The number of hydrazone groups is 1. The molecule has 0 bridgehead atoms. The molecule has 0 fully saturated rings. The van der Waals surface area contributed by atoms with Crippen molar-refractivity contribution >= 4 is 38.5 Å². The number of halogens is 2. The van der Waals surface area contributed by atoms with Crippen molar-refractivity contribution in [2.24, 2.45) is 16.9 Å². The third-order valence-corrected chi connectivity index (χ3v) is 7.63. The fourth-order valence-corrected chi connectivity index (χ4v) is 5.72. The van der Waals surface area contributed by atoms with Crippen molar-refractivity contribution in [3.05, 3.63) is 83.2 Å². The molecule has 0 saturated heterocycles. The van der Waals surface area contributed by atoms with Gasteiger partial charge in [-0.1, -0.05) is 71.0 Å². The van der Waals surface area contributed by atoms with Gasteiger partial charge in [-0.25, -0.2) is 17.5 Å². The Morgan fingerprint density at radius 1 is 1.19 bits per heavy atom. The Balaban J connectivity index is 1.56. The topological polar surface area (TPSA) is 92.5 Å². The largest absolute Gasteiger partial charge is 0.279 e. The molecule has 1 aromatic carbocycles. The zero-order valence-electron chi connectivity index (χ0n) is 20.5. The lowest BCUT2D eigenvalue weighted by molar-refractivity contribution is 0.198. The zero-order chi connectivity index (χ0) is 26.2. The number of allylic oxidation sites excluding steroid dienone is 4. The van der Waals surface area contributed by atoms with Crippen LogP contribution in [0.3, 0.4) is 0 Å². The molecule has 1 aromatic heterocycles. The van der Waals surface area contributed by atoms with Gasteiger partial charge in [0.15, 0.2) is 5.84 Å². The zero-order valence-corrected chi connectivity index (χ0v) is 22.1. The van der Waals surface area contributed by atoms with Crippen molar-refractivity contribution in [1.29, 1.82) is 0 Å². The summed E-state index contributed by atoms with van der Waals surface area (Å²) < 4.78 is 42.1. The van der Waals surface area contributed by atoms with Gasteiger partial charge in [-0.05, 0) is 31.6 Å². The van der Waals surface area contributed by atoms with E-state index in [4.69, 9.17) is 16.7 Å². The average molecular weight is 543 g/mol. The number of hydrogen-bond donors (Lipinski definition) is 1. The first-order valence-corrected chi connectivity index (χ1v) is 14.3. The maximum absolute atomic E-state index is 14.6. The molecule has 1 aliphatic heterocycles. The van der Waals surface area contributed by atoms with Gasteiger partial charge in [-0.15, -0.1) is 5.10 Å². The maximum Gasteiger partial charge on any atom is 0.208 e. The summed E-state index contributed by atoms with van der Waals surface area (Å²) in [4.78, 5) is 0. The van der Waals surface area contributed by atoms with Gasteiger partial charge in [0.2, 0.25) is 10.0 Å². The predicted molar refractivity (Wildman–Crippen MR) is 144 cm³/mol. The molecule has 0 spiro atoms. The lowest BCUT2D eigenvalue weighted by atomic mass is 9.95. The van der Waals surface area contributed by atoms with Gasteiger partial charge >= 0.3 is 0 Å². The van der Waals surface area contributed by atoms with E-state index in [2.05, 4.69) is 40.2 Å². The van der Waals surface area contributed by atoms with E-state index in [1.165, 1.54) is 6.08 Å². The van der Waals surface area contributed by atoms with Gasteiger partial charge in [-0.3, -0.25) is 5.01 Å². The first-order valence-electron chi connectivity index (χ1n) is 12.1. The van der Waals surface area contributed by atoms with Crippen molar-refractivity contribution in [3.8, 4) is 0 Å². The molecular weight excluding hydrogens is 515 g/mol. The van der Waals surface area contributed by atoms with E-state index < -0.39 is 22.0 Å². The fourth-order valence-electron chi connectivity index (χ4n) is 4.89. The summed E-state index contributed by atoms with van der Waals surface area (Å²) in [5.74, 6) is -0.254. The summed E-state index contributed by atoms with van der Waals surface area (Å²) in [7, 11) is -3.44. The molecule has 37 heavy (non-hydrogen) atoms. The van der Waals surface area contributed by atoms with E-state index in [0.29, 0.717) is 5.03 Å². The molecule has 194 valence electrons. The second-order valence-electron chi connectivity index (χ2n) is 9.50. The van der Waals surface area contributed by atoms with Crippen LogP contribution in [-0.4, -0.2) is 59.1 Å². The number of sulfonamides is 1. The SMILES string of the molecule is CC1=CC2C(n3nnc4ccccc43)=NN(C3C=CCC(F)=CC(CNS(C)(=O)=O)/C=C\3Cl)C2CC=C1. The summed E-state index contributed by atoms with van der Waals surface area (Å²) in [5, 5.41) is 16.2. The van der Waals surface area contributed by atoms with Crippen molar-refractivity contribution in [1.82, 2.24) is 24.7 Å². The van der Waals surface area contributed by atoms with Crippen LogP contribution in [0.25, 0.3) is 11.0 Å². The van der Waals surface area contributed by atoms with Gasteiger partial charge < -0.3 is 0 Å². The van der Waals surface area contributed by atoms with Crippen molar-refractivity contribution in [3.63, 3.8) is 0 Å². The number of nitrogens with one attached hydrogen (secondary N) is 1. The van der Waals surface area contributed by atoms with E-state index in [1.807, 2.05) is 35.4 Å². The normalized spacial score (nSPS) is 27.8. The minimum atomic E-state index is -3.44. The molecular formula is C26H28ClFN6O2S. The number of fused-ring (bicyclic) bond motifs is 2. The summed E-state index contributed by atoms with van der Waals surface area (Å²) in [6.07, 6.45) is 15.0. The standard InChI is InChI=1S/C26H28ClFN6O2S/c1-17-7-5-11-23-20(13-17)26(34-25-10-4-3-9-22(25)30-32-34)31-33(23)24-12-6-8-19(28)14-18(15-21(24)27)16-29-37(2,35)36/h3-7,9-10,12-15,18,20,23-24,29H,8,11,16H2,1-2H3/b12-6?,19-14?,21-15+. The van der Waals surface area contributed by atoms with Crippen molar-refractivity contribution in [2.45, 2.75) is 31.8 Å². The van der Waals surface area contributed by atoms with Crippen LogP contribution in [0.2, 0.25) is 0 Å². The quantitative estimate of drug-likeness (QED) is 0.582. The third-order valence-electron chi connectivity index (χ3n) is 6.59. The number of benzene rings is 1. The van der Waals surface area contributed by atoms with Gasteiger partial charge in [-0.2, -0.15) is 9.78 Å². The molecule has 5 rings (SSSR count). The number of para-hydroxylation sites is 1. The van der Waals surface area contributed by atoms with Crippen LogP contribution in [0.15, 0.2) is 88.3 Å². The number of hydrogen-bond acceptors (Lipinski definition) is 6. The van der Waals surface area contributed by atoms with Gasteiger partial charge in [0, 0.05) is 23.9 Å². The first kappa shape index (κ1) is 25.6. The second kappa shape index (κ2) is 10.4. The summed E-state index contributed by atoms with van der Waals surface area (Å²) >= 11 is 6.87. The minimum Gasteiger partial charge on any atom is -0.279 e. The van der Waals surface area contributed by atoms with E-state index in [1.54, 1.807) is 16.8 Å². The van der Waals surface area contributed by atoms with E-state index in [-0.39, 0.29) is 30.8 Å². The molecule has 0 radical (unpaired) electrons. The molecule has 1 N–H and O–H groups in total. The van der Waals surface area contributed by atoms with Crippen LogP contribution in [-0.2, 0) is 10.0 Å². The fraction of sp³-hybridized carbons (Fsp3) is 0.346. The summed E-state index contributed by atoms with van der Waals surface area (Å²) in [6.45, 7) is 2.06. The van der Waals surface area contributed by atoms with E-state index in [9.17, 15) is 12.8 Å². The Hall–Kier alpha value is -3.08. The van der Waals surface area contributed by atoms with Crippen LogP contribution in [0.1, 0.15) is 19.8 Å². The van der Waals surface area contributed by atoms with E-state index >= 15 is 0 Å². The molecule has 4 atom stereocenters. The van der Waals surface area contributed by atoms with Crippen molar-refractivity contribution in [2.75, 3.05) is 12.8 Å². The molecule has 11 heteroatoms. The Kier molecular flexibility index (Phi) is 7.15. The lowest BCUT2D eigenvalue weighted by Crippen LogP contribution is -2.39. The number of aromatic nitrogens is 3. The third kappa shape index (κ3) is 5.61. The average Bonchev–Trinajstić information content (AvgIpc) is 3.36. The van der Waals surface area contributed by atoms with Gasteiger partial charge in [0.05, 0.1) is 23.7 Å². The highest BCUT2D eigenvalue weighted by Gasteiger charge is 2.41. The lowest BCUT2D eigenvalue weighted by Gasteiger charge is -2.31. The molecule has 0 saturated carbocycles. The summed E-state index contributed by atoms with van der Waals surface area (Å²) in [6, 6.07) is 7.20. The van der Waals surface area contributed by atoms with Crippen LogP contribution in [0.5, 0.6) is 0 Å². The Morgan fingerprint density at radius 3 is 2.81 bits per heavy atom. The molecule has 2 heterocycles. The van der Waals surface area contributed by atoms with Gasteiger partial charge in [0.1, 0.15) is 17.4 Å². The maximum atomic E-state index is 14.6. The monoisotopic (exact) mass is 542 g/mol. The van der Waals surface area contributed by atoms with E-state index in [0.717, 1.165) is 35.1 Å². The van der Waals surface area contributed by atoms with Crippen LogP contribution in [0, 0.1) is 11.8 Å². The van der Waals surface area contributed by atoms with Crippen LogP contribution < -0.4 is 4.72 Å². The molecule has 2 aliphatic carbocycles. The highest BCUT2D eigenvalue weighted by Crippen LogP contribution is 2.36. The summed E-state index contributed by atoms with van der Waals surface area (Å²) in [5.41, 5.74) is 2.75. The molecule has 4 unspecified atom stereocenters. The highest BCUT2D eigenvalue weighted by atomic mass is 35.5. The highest BCUT2D eigenvalue weighted by molar-refractivity contribution is 7.88. The molecule has 8 nitrogen and oxygen atoms in total. The predicted octanol–water partition coefficient (Wildman–Crippen LogP) is 4.27.